The number of carbonyl (C=O) groups is 6. The fourth-order valence-electron chi connectivity index (χ4n) is 5.13. The molecule has 0 aliphatic heterocycles. The van der Waals surface area contributed by atoms with Gasteiger partial charge in [0.25, 0.3) is 0 Å². The van der Waals surface area contributed by atoms with E-state index in [-0.39, 0.29) is 53.6 Å². The highest BCUT2D eigenvalue weighted by Crippen LogP contribution is 2.25. The highest BCUT2D eigenvalue weighted by Gasteiger charge is 2.35. The molecule has 2 rings (SSSR count). The van der Waals surface area contributed by atoms with E-state index in [2.05, 4.69) is 10.3 Å². The van der Waals surface area contributed by atoms with Crippen molar-refractivity contribution in [3.8, 4) is 0 Å². The summed E-state index contributed by atoms with van der Waals surface area (Å²) < 4.78 is 6.01. The molecule has 0 saturated heterocycles. The lowest BCUT2D eigenvalue weighted by Crippen LogP contribution is -2.53. The molecular formula is C33H46N4O7. The monoisotopic (exact) mass is 610 g/mol. The van der Waals surface area contributed by atoms with Crippen molar-refractivity contribution in [2.75, 3.05) is 6.61 Å². The van der Waals surface area contributed by atoms with E-state index in [0.29, 0.717) is 70.0 Å². The van der Waals surface area contributed by atoms with Crippen LogP contribution in [-0.4, -0.2) is 65.6 Å². The van der Waals surface area contributed by atoms with Gasteiger partial charge in [-0.05, 0) is 62.3 Å². The van der Waals surface area contributed by atoms with Crippen molar-refractivity contribution >= 4 is 40.8 Å². The number of aryl methyl sites for hydroxylation is 1. The van der Waals surface area contributed by atoms with Crippen LogP contribution in [0.4, 0.5) is 0 Å². The molecule has 1 aromatic rings. The highest BCUT2D eigenvalue weighted by molar-refractivity contribution is 5.98. The van der Waals surface area contributed by atoms with Gasteiger partial charge in [-0.15, -0.1) is 0 Å². The summed E-state index contributed by atoms with van der Waals surface area (Å²) in [6.45, 7) is 4.56. The Hall–Kier alpha value is -3.99. The Kier molecular flexibility index (Phi) is 15.3. The Morgan fingerprint density at radius 1 is 0.841 bits per heavy atom. The summed E-state index contributed by atoms with van der Waals surface area (Å²) in [6.07, 6.45) is 5.27. The Labute approximate surface area is 259 Å². The molecule has 240 valence electrons. The van der Waals surface area contributed by atoms with Gasteiger partial charge in [-0.3, -0.25) is 28.8 Å². The fraction of sp³-hybridized carbons (Fsp3) is 0.545. The van der Waals surface area contributed by atoms with Gasteiger partial charge in [0.1, 0.15) is 23.1 Å². The van der Waals surface area contributed by atoms with Crippen molar-refractivity contribution in [1.82, 2.24) is 5.32 Å². The minimum Gasteiger partial charge on any atom is -0.372 e. The van der Waals surface area contributed by atoms with E-state index in [1.807, 2.05) is 24.3 Å². The second-order valence-corrected chi connectivity index (χ2v) is 11.4. The fourth-order valence-corrected chi connectivity index (χ4v) is 5.13. The maximum Gasteiger partial charge on any atom is 0.217 e. The maximum atomic E-state index is 12.4. The first kappa shape index (κ1) is 36.2. The van der Waals surface area contributed by atoms with Gasteiger partial charge in [0, 0.05) is 52.1 Å². The predicted octanol–water partition coefficient (Wildman–Crippen LogP) is 2.64. The van der Waals surface area contributed by atoms with E-state index >= 15 is 0 Å². The third-order valence-electron chi connectivity index (χ3n) is 7.33. The molecule has 5 N–H and O–H groups in total. The number of hydrogen-bond donors (Lipinski definition) is 3. The van der Waals surface area contributed by atoms with Crippen LogP contribution in [0.5, 0.6) is 0 Å². The van der Waals surface area contributed by atoms with E-state index in [4.69, 9.17) is 16.2 Å². The van der Waals surface area contributed by atoms with Gasteiger partial charge >= 0.3 is 0 Å². The predicted molar refractivity (Wildman–Crippen MR) is 167 cm³/mol. The average Bonchev–Trinajstić information content (AvgIpc) is 2.92. The molecular weight excluding hydrogens is 564 g/mol. The summed E-state index contributed by atoms with van der Waals surface area (Å²) in [5.74, 6) is -0.587. The second-order valence-electron chi connectivity index (χ2n) is 11.4. The van der Waals surface area contributed by atoms with Crippen molar-refractivity contribution in [3.05, 3.63) is 47.0 Å². The van der Waals surface area contributed by atoms with Crippen molar-refractivity contribution in [2.24, 2.45) is 16.5 Å². The molecule has 0 bridgehead atoms. The zero-order valence-corrected chi connectivity index (χ0v) is 26.1. The molecule has 1 aromatic carbocycles. The first-order valence-electron chi connectivity index (χ1n) is 15.2. The number of nitrogens with zero attached hydrogens (tertiary/aromatic N) is 1. The van der Waals surface area contributed by atoms with Crippen LogP contribution in [0.25, 0.3) is 0 Å². The van der Waals surface area contributed by atoms with Crippen LogP contribution in [0.3, 0.4) is 0 Å². The highest BCUT2D eigenvalue weighted by atomic mass is 16.5. The number of rotatable bonds is 20. The number of ketones is 5. The third-order valence-corrected chi connectivity index (χ3v) is 7.33. The topological polar surface area (TPSA) is 188 Å². The summed E-state index contributed by atoms with van der Waals surface area (Å²) in [7, 11) is 0. The molecule has 11 heteroatoms. The quantitative estimate of drug-likeness (QED) is 0.0863. The van der Waals surface area contributed by atoms with Crippen molar-refractivity contribution in [2.45, 2.75) is 110 Å². The number of nitrogens with two attached hydrogens (primary N) is 2. The van der Waals surface area contributed by atoms with E-state index in [0.717, 1.165) is 11.1 Å². The Balaban J connectivity index is 1.70. The lowest BCUT2D eigenvalue weighted by molar-refractivity contribution is -0.126. The van der Waals surface area contributed by atoms with Crippen LogP contribution in [-0.2, 0) is 46.3 Å². The second kappa shape index (κ2) is 18.6. The van der Waals surface area contributed by atoms with Crippen molar-refractivity contribution < 1.29 is 33.5 Å². The van der Waals surface area contributed by atoms with Crippen LogP contribution < -0.4 is 16.8 Å². The summed E-state index contributed by atoms with van der Waals surface area (Å²) >= 11 is 0. The molecule has 0 saturated carbocycles. The van der Waals surface area contributed by atoms with Gasteiger partial charge in [-0.25, -0.2) is 4.99 Å². The van der Waals surface area contributed by atoms with Crippen LogP contribution in [0.1, 0.15) is 89.7 Å². The van der Waals surface area contributed by atoms with Crippen LogP contribution >= 0.6 is 0 Å². The molecule has 44 heavy (non-hydrogen) atoms. The van der Waals surface area contributed by atoms with Crippen LogP contribution in [0, 0.1) is 0 Å². The molecule has 1 aliphatic rings. The van der Waals surface area contributed by atoms with E-state index in [1.165, 1.54) is 20.8 Å². The minimum atomic E-state index is -0.598. The lowest BCUT2D eigenvalue weighted by atomic mass is 9.86. The number of aliphatic imine (C=N–C) groups is 1. The number of amides is 1. The van der Waals surface area contributed by atoms with E-state index in [1.54, 1.807) is 6.08 Å². The maximum absolute atomic E-state index is 12.4. The van der Waals surface area contributed by atoms with E-state index in [9.17, 15) is 28.8 Å². The van der Waals surface area contributed by atoms with Crippen molar-refractivity contribution in [3.63, 3.8) is 0 Å². The molecule has 0 radical (unpaired) electrons. The Bertz CT molecular complexity index is 1250. The molecule has 0 aromatic heterocycles. The van der Waals surface area contributed by atoms with Gasteiger partial charge < -0.3 is 21.5 Å². The summed E-state index contributed by atoms with van der Waals surface area (Å²) in [4.78, 5) is 75.6. The molecule has 11 nitrogen and oxygen atoms in total. The van der Waals surface area contributed by atoms with E-state index < -0.39 is 18.2 Å². The average molecular weight is 611 g/mol. The van der Waals surface area contributed by atoms with Crippen LogP contribution in [0.15, 0.2) is 40.9 Å². The smallest absolute Gasteiger partial charge is 0.217 e. The number of nitrogens with one attached hydrogen (secondary N) is 1. The minimum absolute atomic E-state index is 0.0315. The number of unbranched alkanes of at least 4 members (excludes halogenated alkanes) is 1. The van der Waals surface area contributed by atoms with Gasteiger partial charge in [-0.1, -0.05) is 24.3 Å². The molecule has 1 amide bonds. The summed E-state index contributed by atoms with van der Waals surface area (Å²) in [5, 5.41) is 2.83. The first-order valence-corrected chi connectivity index (χ1v) is 15.2. The summed E-state index contributed by atoms with van der Waals surface area (Å²) in [6, 6.07) is 6.46. The zero-order valence-electron chi connectivity index (χ0n) is 26.1. The number of guanidine groups is 1. The summed E-state index contributed by atoms with van der Waals surface area (Å²) in [5.41, 5.74) is 13.5. The molecule has 0 spiro atoms. The van der Waals surface area contributed by atoms with Crippen LogP contribution in [0.2, 0.25) is 0 Å². The number of hydrogen-bond acceptors (Lipinski definition) is 8. The lowest BCUT2D eigenvalue weighted by Gasteiger charge is -2.35. The molecule has 0 heterocycles. The van der Waals surface area contributed by atoms with Gasteiger partial charge in [-0.2, -0.15) is 0 Å². The van der Waals surface area contributed by atoms with Gasteiger partial charge in [0.2, 0.25) is 5.91 Å². The number of Topliss-reactive ketones (excluding diaryl/α,β-unsaturated/α-hetero) is 5. The van der Waals surface area contributed by atoms with Crippen molar-refractivity contribution in [1.29, 1.82) is 0 Å². The number of carbonyl (C=O) groups excluding carboxylic acids is 6. The first-order chi connectivity index (χ1) is 20.8. The van der Waals surface area contributed by atoms with Gasteiger partial charge in [0.15, 0.2) is 11.7 Å². The number of benzene rings is 1. The normalized spacial score (nSPS) is 17.7. The standard InChI is InChI=1S/C33H46N4O7/c1-21(38)17-29(43)15-14-24-10-12-25(13-11-24)18-28(42)9-6-8-27(41)7-4-5-16-44-31-20-26(22(2)39)19-30(37-33(34)35)32(31)36-23(3)40/h10-13,20,30-32H,4-9,14-19H2,1-3H3,(H,36,40)(H4,34,35,37)/t30-,31+,32+/m0/s1. The van der Waals surface area contributed by atoms with Gasteiger partial charge in [0.05, 0.1) is 24.6 Å². The SMILES string of the molecule is CC(=O)CC(=O)CCc1ccc(CC(=O)CCCC(=O)CCCCO[C@@H]2C=C(C(C)=O)C[C@H](N=C(N)N)[C@H]2NC(C)=O)cc1. The third kappa shape index (κ3) is 14.0. The Morgan fingerprint density at radius 2 is 1.48 bits per heavy atom. The molecule has 0 unspecified atom stereocenters. The number of ether oxygens (including phenoxy) is 1. The molecule has 1 aliphatic carbocycles. The Morgan fingerprint density at radius 3 is 2.09 bits per heavy atom. The molecule has 0 fully saturated rings. The molecule has 3 atom stereocenters. The zero-order chi connectivity index (χ0) is 32.6. The largest absolute Gasteiger partial charge is 0.372 e.